The number of hydrogen-bond donors (Lipinski definition) is 1. The number of nitrogens with two attached hydrogens (primary N) is 1. The van der Waals surface area contributed by atoms with Crippen molar-refractivity contribution in [1.29, 1.82) is 0 Å². The molecule has 0 saturated carbocycles. The van der Waals surface area contributed by atoms with E-state index < -0.39 is 0 Å². The zero-order chi connectivity index (χ0) is 13.1. The minimum Gasteiger partial charge on any atom is -0.497 e. The van der Waals surface area contributed by atoms with E-state index in [2.05, 4.69) is 12.1 Å². The second kappa shape index (κ2) is 6.78. The Morgan fingerprint density at radius 2 is 2.00 bits per heavy atom. The Morgan fingerprint density at radius 3 is 2.47 bits per heavy atom. The molecule has 2 unspecified atom stereocenters. The van der Waals surface area contributed by atoms with Crippen LogP contribution in [0.1, 0.15) is 24.8 Å². The van der Waals surface area contributed by atoms with Gasteiger partial charge in [0.2, 0.25) is 5.91 Å². The summed E-state index contributed by atoms with van der Waals surface area (Å²) in [5.74, 6) is 1.29. The van der Waals surface area contributed by atoms with E-state index in [-0.39, 0.29) is 24.4 Å². The summed E-state index contributed by atoms with van der Waals surface area (Å²) in [6, 6.07) is 8.05. The van der Waals surface area contributed by atoms with E-state index in [1.54, 1.807) is 14.0 Å². The van der Waals surface area contributed by atoms with Crippen LogP contribution in [0.15, 0.2) is 24.3 Å². The second-order valence-electron chi connectivity index (χ2n) is 4.80. The van der Waals surface area contributed by atoms with Crippen molar-refractivity contribution >= 4 is 18.3 Å². The van der Waals surface area contributed by atoms with Crippen LogP contribution in [0, 0.1) is 0 Å². The molecule has 0 aromatic heterocycles. The zero-order valence-corrected chi connectivity index (χ0v) is 12.2. The number of halogens is 1. The number of benzene rings is 1. The van der Waals surface area contributed by atoms with Crippen molar-refractivity contribution in [1.82, 2.24) is 4.90 Å². The number of amides is 1. The molecule has 4 nitrogen and oxygen atoms in total. The normalized spacial score (nSPS) is 22.6. The van der Waals surface area contributed by atoms with E-state index in [0.29, 0.717) is 12.5 Å². The number of carbonyl (C=O) groups is 1. The summed E-state index contributed by atoms with van der Waals surface area (Å²) in [4.78, 5) is 13.1. The predicted molar refractivity (Wildman–Crippen MR) is 77.8 cm³/mol. The van der Waals surface area contributed by atoms with Crippen molar-refractivity contribution in [2.45, 2.75) is 25.3 Å². The average Bonchev–Trinajstić information content (AvgIpc) is 2.38. The standard InChI is InChI=1S/C14H20N2O2.ClH/c1-10(17)16-8-7-13(14(15)9-16)11-3-5-12(18-2)6-4-11;/h3-6,13-14H,7-9,15H2,1-2H3;1H. The SMILES string of the molecule is COc1ccc(C2CCN(C(C)=O)CC2N)cc1.Cl. The smallest absolute Gasteiger partial charge is 0.219 e. The molecular weight excluding hydrogens is 264 g/mol. The molecule has 0 aliphatic carbocycles. The molecule has 1 aromatic rings. The molecule has 1 aromatic carbocycles. The minimum absolute atomic E-state index is 0. The van der Waals surface area contributed by atoms with Gasteiger partial charge in [-0.05, 0) is 24.1 Å². The van der Waals surface area contributed by atoms with Gasteiger partial charge in [0, 0.05) is 32.0 Å². The maximum absolute atomic E-state index is 11.3. The van der Waals surface area contributed by atoms with Gasteiger partial charge in [0.15, 0.2) is 0 Å². The summed E-state index contributed by atoms with van der Waals surface area (Å²) in [6.45, 7) is 3.03. The van der Waals surface area contributed by atoms with Crippen LogP contribution in [0.4, 0.5) is 0 Å². The summed E-state index contributed by atoms with van der Waals surface area (Å²) in [7, 11) is 1.66. The summed E-state index contributed by atoms with van der Waals surface area (Å²) in [6.07, 6.45) is 0.924. The van der Waals surface area contributed by atoms with Crippen molar-refractivity contribution in [3.63, 3.8) is 0 Å². The molecule has 2 N–H and O–H groups in total. The van der Waals surface area contributed by atoms with E-state index >= 15 is 0 Å². The number of likely N-dealkylation sites (tertiary alicyclic amines) is 1. The highest BCUT2D eigenvalue weighted by atomic mass is 35.5. The van der Waals surface area contributed by atoms with E-state index in [9.17, 15) is 4.79 Å². The molecule has 1 aliphatic rings. The van der Waals surface area contributed by atoms with Crippen molar-refractivity contribution in [2.24, 2.45) is 5.73 Å². The van der Waals surface area contributed by atoms with Crippen LogP contribution < -0.4 is 10.5 Å². The van der Waals surface area contributed by atoms with Crippen LogP contribution in [0.25, 0.3) is 0 Å². The highest BCUT2D eigenvalue weighted by molar-refractivity contribution is 5.85. The molecule has 1 fully saturated rings. The van der Waals surface area contributed by atoms with Crippen LogP contribution >= 0.6 is 12.4 Å². The van der Waals surface area contributed by atoms with Crippen LogP contribution in [0.3, 0.4) is 0 Å². The number of hydrogen-bond acceptors (Lipinski definition) is 3. The zero-order valence-electron chi connectivity index (χ0n) is 11.3. The van der Waals surface area contributed by atoms with Crippen molar-refractivity contribution in [2.75, 3.05) is 20.2 Å². The van der Waals surface area contributed by atoms with Crippen LogP contribution in [0.5, 0.6) is 5.75 Å². The Balaban J connectivity index is 0.00000180. The number of piperidine rings is 1. The van der Waals surface area contributed by atoms with Gasteiger partial charge in [0.25, 0.3) is 0 Å². The number of nitrogens with zero attached hydrogens (tertiary/aromatic N) is 1. The van der Waals surface area contributed by atoms with Crippen molar-refractivity contribution < 1.29 is 9.53 Å². The lowest BCUT2D eigenvalue weighted by Crippen LogP contribution is -2.48. The average molecular weight is 285 g/mol. The third-order valence-electron chi connectivity index (χ3n) is 3.65. The third kappa shape index (κ3) is 3.61. The van der Waals surface area contributed by atoms with Gasteiger partial charge in [-0.15, -0.1) is 12.4 Å². The Kier molecular flexibility index (Phi) is 5.63. The van der Waals surface area contributed by atoms with Crippen molar-refractivity contribution in [3.05, 3.63) is 29.8 Å². The van der Waals surface area contributed by atoms with E-state index in [4.69, 9.17) is 10.5 Å². The van der Waals surface area contributed by atoms with Gasteiger partial charge in [0.05, 0.1) is 7.11 Å². The fraction of sp³-hybridized carbons (Fsp3) is 0.500. The molecule has 2 atom stereocenters. The molecule has 106 valence electrons. The highest BCUT2D eigenvalue weighted by Gasteiger charge is 2.28. The predicted octanol–water partition coefficient (Wildman–Crippen LogP) is 1.78. The Bertz CT molecular complexity index is 422. The minimum atomic E-state index is 0. The first-order valence-electron chi connectivity index (χ1n) is 6.27. The van der Waals surface area contributed by atoms with Gasteiger partial charge in [-0.1, -0.05) is 12.1 Å². The summed E-state index contributed by atoms with van der Waals surface area (Å²) < 4.78 is 5.15. The Morgan fingerprint density at radius 1 is 1.37 bits per heavy atom. The number of rotatable bonds is 2. The monoisotopic (exact) mass is 284 g/mol. The first kappa shape index (κ1) is 15.8. The molecule has 0 spiro atoms. The van der Waals surface area contributed by atoms with Gasteiger partial charge in [0.1, 0.15) is 5.75 Å². The van der Waals surface area contributed by atoms with Gasteiger partial charge in [-0.25, -0.2) is 0 Å². The van der Waals surface area contributed by atoms with Crippen LogP contribution in [0.2, 0.25) is 0 Å². The van der Waals surface area contributed by atoms with Crippen molar-refractivity contribution in [3.8, 4) is 5.75 Å². The third-order valence-corrected chi connectivity index (χ3v) is 3.65. The number of methoxy groups -OCH3 is 1. The molecular formula is C14H21ClN2O2. The van der Waals surface area contributed by atoms with Crippen LogP contribution in [-0.4, -0.2) is 37.0 Å². The molecule has 1 saturated heterocycles. The maximum atomic E-state index is 11.3. The first-order valence-corrected chi connectivity index (χ1v) is 6.27. The lowest BCUT2D eigenvalue weighted by Gasteiger charge is -2.36. The molecule has 1 amide bonds. The molecule has 0 radical (unpaired) electrons. The Hall–Kier alpha value is -1.26. The van der Waals surface area contributed by atoms with E-state index in [1.165, 1.54) is 5.56 Å². The summed E-state index contributed by atoms with van der Waals surface area (Å²) >= 11 is 0. The topological polar surface area (TPSA) is 55.6 Å². The summed E-state index contributed by atoms with van der Waals surface area (Å²) in [5.41, 5.74) is 7.41. The fourth-order valence-corrected chi connectivity index (χ4v) is 2.53. The molecule has 5 heteroatoms. The largest absolute Gasteiger partial charge is 0.497 e. The lowest BCUT2D eigenvalue weighted by molar-refractivity contribution is -0.130. The Labute approximate surface area is 120 Å². The molecule has 0 bridgehead atoms. The second-order valence-corrected chi connectivity index (χ2v) is 4.80. The van der Waals surface area contributed by atoms with E-state index in [1.807, 2.05) is 17.0 Å². The molecule has 2 rings (SSSR count). The number of carbonyl (C=O) groups excluding carboxylic acids is 1. The van der Waals surface area contributed by atoms with E-state index in [0.717, 1.165) is 18.7 Å². The van der Waals surface area contributed by atoms with Crippen LogP contribution in [-0.2, 0) is 4.79 Å². The molecule has 1 aliphatic heterocycles. The van der Waals surface area contributed by atoms with Gasteiger partial charge in [-0.3, -0.25) is 4.79 Å². The quantitative estimate of drug-likeness (QED) is 0.901. The van der Waals surface area contributed by atoms with Gasteiger partial charge in [-0.2, -0.15) is 0 Å². The fourth-order valence-electron chi connectivity index (χ4n) is 2.53. The first-order chi connectivity index (χ1) is 8.61. The molecule has 19 heavy (non-hydrogen) atoms. The van der Waals surface area contributed by atoms with Gasteiger partial charge < -0.3 is 15.4 Å². The molecule has 1 heterocycles. The lowest BCUT2D eigenvalue weighted by atomic mass is 9.86. The number of ether oxygens (including phenoxy) is 1. The summed E-state index contributed by atoms with van der Waals surface area (Å²) in [5, 5.41) is 0. The van der Waals surface area contributed by atoms with Gasteiger partial charge >= 0.3 is 0 Å². The maximum Gasteiger partial charge on any atom is 0.219 e. The highest BCUT2D eigenvalue weighted by Crippen LogP contribution is 2.28.